The summed E-state index contributed by atoms with van der Waals surface area (Å²) in [5.41, 5.74) is 9.53. The summed E-state index contributed by atoms with van der Waals surface area (Å²) in [5, 5.41) is 3.24. The Morgan fingerprint density at radius 2 is 2.21 bits per heavy atom. The Bertz CT molecular complexity index is 1250. The molecule has 29 heavy (non-hydrogen) atoms. The average molecular weight is 498 g/mol. The molecule has 1 aromatic heterocycles. The van der Waals surface area contributed by atoms with Crippen molar-refractivity contribution < 1.29 is 14.3 Å². The van der Waals surface area contributed by atoms with E-state index in [-0.39, 0.29) is 5.57 Å². The maximum atomic E-state index is 11.9. The minimum absolute atomic E-state index is 0.239. The number of aldehydes is 1. The number of H-pyrrole nitrogens is 1. The van der Waals surface area contributed by atoms with E-state index < -0.39 is 12.0 Å². The van der Waals surface area contributed by atoms with Crippen molar-refractivity contribution in [3.8, 4) is 17.6 Å². The first-order valence-electron chi connectivity index (χ1n) is 8.65. The number of aromatic amines is 1. The first-order valence-corrected chi connectivity index (χ1v) is 9.73. The van der Waals surface area contributed by atoms with E-state index in [0.29, 0.717) is 29.1 Å². The molecule has 1 atom stereocenters. The molecule has 2 aromatic carbocycles. The van der Waals surface area contributed by atoms with Crippen LogP contribution in [0, 0.1) is 15.4 Å². The highest BCUT2D eigenvalue weighted by atomic mass is 127. The van der Waals surface area contributed by atoms with Crippen LogP contribution in [0.5, 0.6) is 5.75 Å². The van der Waals surface area contributed by atoms with Gasteiger partial charge in [-0.05, 0) is 71.2 Å². The second-order valence-electron chi connectivity index (χ2n) is 6.39. The van der Waals surface area contributed by atoms with Crippen LogP contribution in [0.1, 0.15) is 12.5 Å². The fourth-order valence-corrected chi connectivity index (χ4v) is 3.79. The Labute approximate surface area is 179 Å². The number of ether oxygens (including phenoxy) is 1. The Morgan fingerprint density at radius 1 is 1.38 bits per heavy atom. The van der Waals surface area contributed by atoms with E-state index >= 15 is 0 Å². The second-order valence-corrected chi connectivity index (χ2v) is 7.64. The Morgan fingerprint density at radius 3 is 2.93 bits per heavy atom. The zero-order valence-electron chi connectivity index (χ0n) is 15.2. The summed E-state index contributed by atoms with van der Waals surface area (Å²) in [6.45, 7) is 1.78. The smallest absolute Gasteiger partial charge is 0.249 e. The van der Waals surface area contributed by atoms with Crippen LogP contribution in [-0.2, 0) is 9.59 Å². The molecule has 0 bridgehead atoms. The van der Waals surface area contributed by atoms with Crippen molar-refractivity contribution in [2.45, 2.75) is 13.0 Å². The highest BCUT2D eigenvalue weighted by molar-refractivity contribution is 14.1. The summed E-state index contributed by atoms with van der Waals surface area (Å²) in [6.07, 6.45) is -0.447. The van der Waals surface area contributed by atoms with Crippen molar-refractivity contribution in [2.75, 3.05) is 5.32 Å². The molecule has 7 nitrogen and oxygen atoms in total. The number of halogens is 1. The number of hydrogen-bond acceptors (Lipinski definition) is 5. The van der Waals surface area contributed by atoms with E-state index in [2.05, 4.69) is 49.7 Å². The number of carbonyl (C=O) groups is 2. The Kier molecular flexibility index (Phi) is 4.98. The third-order valence-corrected chi connectivity index (χ3v) is 5.20. The molecule has 4 rings (SSSR count). The van der Waals surface area contributed by atoms with Gasteiger partial charge in [-0.1, -0.05) is 6.07 Å². The summed E-state index contributed by atoms with van der Waals surface area (Å²) < 4.78 is 6.97. The Balaban J connectivity index is 1.77. The van der Waals surface area contributed by atoms with Gasteiger partial charge in [-0.2, -0.15) is 0 Å². The zero-order valence-corrected chi connectivity index (χ0v) is 17.4. The van der Waals surface area contributed by atoms with Crippen molar-refractivity contribution >= 4 is 63.0 Å². The van der Waals surface area contributed by atoms with E-state index in [0.717, 1.165) is 20.3 Å². The number of nitrogens with two attached hydrogens (primary N) is 1. The number of nitrogens with one attached hydrogen (secondary N) is 2. The molecule has 8 heteroatoms. The topological polar surface area (TPSA) is 110 Å². The highest BCUT2D eigenvalue weighted by Gasteiger charge is 2.29. The number of nitrogens with zero attached hydrogens (tertiary/aromatic N) is 1. The molecule has 0 saturated heterocycles. The van der Waals surface area contributed by atoms with Crippen LogP contribution in [-0.4, -0.2) is 28.3 Å². The molecule has 0 fully saturated rings. The van der Waals surface area contributed by atoms with Gasteiger partial charge in [-0.15, -0.1) is 0 Å². The maximum absolute atomic E-state index is 11.9. The van der Waals surface area contributed by atoms with Gasteiger partial charge in [0.2, 0.25) is 11.9 Å². The molecule has 0 spiro atoms. The van der Waals surface area contributed by atoms with Crippen LogP contribution in [0.2, 0.25) is 0 Å². The van der Waals surface area contributed by atoms with Gasteiger partial charge in [-0.3, -0.25) is 9.59 Å². The first kappa shape index (κ1) is 19.0. The van der Waals surface area contributed by atoms with E-state index in [4.69, 9.17) is 10.5 Å². The van der Waals surface area contributed by atoms with Gasteiger partial charge in [0.05, 0.1) is 16.6 Å². The number of anilines is 2. The van der Waals surface area contributed by atoms with Gasteiger partial charge in [0.15, 0.2) is 12.4 Å². The average Bonchev–Trinajstić information content (AvgIpc) is 3.05. The van der Waals surface area contributed by atoms with Crippen molar-refractivity contribution in [1.29, 1.82) is 0 Å². The number of imidazole rings is 1. The van der Waals surface area contributed by atoms with Gasteiger partial charge in [0, 0.05) is 20.9 Å². The van der Waals surface area contributed by atoms with E-state index in [1.165, 1.54) is 0 Å². The summed E-state index contributed by atoms with van der Waals surface area (Å²) in [4.78, 5) is 30.4. The molecule has 0 radical (unpaired) electrons. The summed E-state index contributed by atoms with van der Waals surface area (Å²) in [5.74, 6) is 5.39. The summed E-state index contributed by atoms with van der Waals surface area (Å²) >= 11 is 2.25. The number of hydrogen-bond donors (Lipinski definition) is 3. The number of fused-ring (bicyclic) bond motifs is 2. The minimum Gasteiger partial charge on any atom is -0.472 e. The quantitative estimate of drug-likeness (QED) is 0.292. The normalized spacial score (nSPS) is 15.2. The number of primary amides is 1. The van der Waals surface area contributed by atoms with Crippen molar-refractivity contribution in [3.63, 3.8) is 0 Å². The molecule has 3 aromatic rings. The number of rotatable bonds is 3. The standard InChI is InChI=1S/C21H15IN4O3/c1-11-14-9-15-16(26-21(25-15)24-13-5-2-4-12(22)8-13)10-18(14)29-17(6-3-7-27)19(11)20(23)28/h2,4-5,7-10,17H,1H3,(H2,23,28)(H2,24,25,26). The number of allylic oxidation sites excluding steroid dienone is 1. The van der Waals surface area contributed by atoms with Crippen LogP contribution < -0.4 is 15.8 Å². The number of benzene rings is 2. The van der Waals surface area contributed by atoms with E-state index in [1.807, 2.05) is 30.3 Å². The predicted octanol–water partition coefficient (Wildman–Crippen LogP) is 3.13. The van der Waals surface area contributed by atoms with Crippen molar-refractivity contribution in [1.82, 2.24) is 9.97 Å². The summed E-state index contributed by atoms with van der Waals surface area (Å²) in [7, 11) is 0. The van der Waals surface area contributed by atoms with Crippen LogP contribution in [0.3, 0.4) is 0 Å². The van der Waals surface area contributed by atoms with Crippen molar-refractivity contribution in [3.05, 3.63) is 51.1 Å². The minimum atomic E-state index is -0.898. The zero-order chi connectivity index (χ0) is 20.5. The monoisotopic (exact) mass is 498 g/mol. The third-order valence-electron chi connectivity index (χ3n) is 4.52. The maximum Gasteiger partial charge on any atom is 0.249 e. The second kappa shape index (κ2) is 7.60. The lowest BCUT2D eigenvalue weighted by atomic mass is 9.93. The number of carbonyl (C=O) groups excluding carboxylic acids is 2. The third kappa shape index (κ3) is 3.69. The highest BCUT2D eigenvalue weighted by Crippen LogP contribution is 2.38. The summed E-state index contributed by atoms with van der Waals surface area (Å²) in [6, 6.07) is 11.6. The molecular weight excluding hydrogens is 483 g/mol. The molecule has 4 N–H and O–H groups in total. The molecule has 0 aliphatic carbocycles. The number of amides is 1. The molecular formula is C21H15IN4O3. The SMILES string of the molecule is CC1=C(C(N)=O)C(C#CC=O)Oc2cc3nc(Nc4cccc(I)c4)[nH]c3cc21. The van der Waals surface area contributed by atoms with Crippen LogP contribution in [0.25, 0.3) is 16.6 Å². The number of aromatic nitrogens is 2. The van der Waals surface area contributed by atoms with E-state index in [9.17, 15) is 9.59 Å². The predicted molar refractivity (Wildman–Crippen MR) is 119 cm³/mol. The molecule has 1 unspecified atom stereocenters. The Hall–Kier alpha value is -3.32. The van der Waals surface area contributed by atoms with Gasteiger partial charge < -0.3 is 20.8 Å². The first-order chi connectivity index (χ1) is 14.0. The molecule has 2 heterocycles. The van der Waals surface area contributed by atoms with Crippen molar-refractivity contribution in [2.24, 2.45) is 5.73 Å². The molecule has 1 amide bonds. The van der Waals surface area contributed by atoms with Crippen LogP contribution in [0.4, 0.5) is 11.6 Å². The molecule has 144 valence electrons. The van der Waals surface area contributed by atoms with E-state index in [1.54, 1.807) is 13.0 Å². The lowest BCUT2D eigenvalue weighted by Gasteiger charge is -2.25. The van der Waals surface area contributed by atoms with Gasteiger partial charge >= 0.3 is 0 Å². The molecule has 1 aliphatic heterocycles. The fraction of sp³-hybridized carbons (Fsp3) is 0.0952. The fourth-order valence-electron chi connectivity index (χ4n) is 3.24. The van der Waals surface area contributed by atoms with Gasteiger partial charge in [-0.25, -0.2) is 4.98 Å². The largest absolute Gasteiger partial charge is 0.472 e. The molecule has 1 aliphatic rings. The van der Waals surface area contributed by atoms with Gasteiger partial charge in [0.25, 0.3) is 0 Å². The van der Waals surface area contributed by atoms with Crippen LogP contribution >= 0.6 is 22.6 Å². The van der Waals surface area contributed by atoms with Gasteiger partial charge in [0.1, 0.15) is 5.75 Å². The lowest BCUT2D eigenvalue weighted by Crippen LogP contribution is -2.31. The molecule has 0 saturated carbocycles. The lowest BCUT2D eigenvalue weighted by molar-refractivity contribution is -0.115. The van der Waals surface area contributed by atoms with Crippen LogP contribution in [0.15, 0.2) is 42.0 Å².